The number of hydrogen-bond acceptors (Lipinski definition) is 3. The number of carbonyl (C=O) groups excluding carboxylic acids is 1. The van der Waals surface area contributed by atoms with Crippen LogP contribution in [0.1, 0.15) is 22.5 Å². The molecule has 0 spiro atoms. The second-order valence-corrected chi connectivity index (χ2v) is 5.64. The number of carbonyl (C=O) groups is 2. The maximum Gasteiger partial charge on any atom is 0.343 e. The van der Waals surface area contributed by atoms with Crippen molar-refractivity contribution in [1.82, 2.24) is 14.7 Å². The van der Waals surface area contributed by atoms with Gasteiger partial charge in [-0.3, -0.25) is 4.79 Å². The maximum absolute atomic E-state index is 14.1. The van der Waals surface area contributed by atoms with E-state index in [1.165, 1.54) is 11.1 Å². The van der Waals surface area contributed by atoms with Gasteiger partial charge in [-0.1, -0.05) is 18.2 Å². The second kappa shape index (κ2) is 5.49. The van der Waals surface area contributed by atoms with Gasteiger partial charge in [0.15, 0.2) is 0 Å². The topological polar surface area (TPSA) is 75.4 Å². The van der Waals surface area contributed by atoms with E-state index in [1.807, 2.05) is 30.3 Å². The van der Waals surface area contributed by atoms with Crippen molar-refractivity contribution in [3.63, 3.8) is 0 Å². The van der Waals surface area contributed by atoms with Gasteiger partial charge < -0.3 is 10.0 Å². The molecule has 0 bridgehead atoms. The summed E-state index contributed by atoms with van der Waals surface area (Å²) in [5.41, 5.74) is -0.564. The molecule has 6 nitrogen and oxygen atoms in total. The van der Waals surface area contributed by atoms with Crippen LogP contribution >= 0.6 is 0 Å². The Morgan fingerprint density at radius 3 is 2.61 bits per heavy atom. The number of likely N-dealkylation sites (tertiary alicyclic amines) is 1. The zero-order valence-corrected chi connectivity index (χ0v) is 12.6. The van der Waals surface area contributed by atoms with Crippen LogP contribution in [0.4, 0.5) is 4.39 Å². The van der Waals surface area contributed by atoms with E-state index < -0.39 is 24.1 Å². The number of alkyl halides is 1. The summed E-state index contributed by atoms with van der Waals surface area (Å²) in [4.78, 5) is 24.7. The quantitative estimate of drug-likeness (QED) is 0.937. The van der Waals surface area contributed by atoms with E-state index in [1.54, 1.807) is 11.6 Å². The van der Waals surface area contributed by atoms with Crippen molar-refractivity contribution in [2.45, 2.75) is 19.0 Å². The average molecular weight is 317 g/mol. The van der Waals surface area contributed by atoms with Gasteiger partial charge in [0.25, 0.3) is 5.91 Å². The molecule has 1 atom stereocenters. The van der Waals surface area contributed by atoms with E-state index in [2.05, 4.69) is 5.10 Å². The lowest BCUT2D eigenvalue weighted by atomic mass is 10.1. The predicted molar refractivity (Wildman–Crippen MR) is 80.3 cm³/mol. The Bertz CT molecular complexity index is 759. The number of aromatic nitrogens is 2. The average Bonchev–Trinajstić information content (AvgIpc) is 3.12. The Morgan fingerprint density at radius 1 is 1.30 bits per heavy atom. The molecule has 1 unspecified atom stereocenters. The number of carboxylic acids is 1. The number of benzene rings is 1. The van der Waals surface area contributed by atoms with E-state index >= 15 is 0 Å². The van der Waals surface area contributed by atoms with Crippen molar-refractivity contribution in [3.05, 3.63) is 47.8 Å². The fourth-order valence-electron chi connectivity index (χ4n) is 2.74. The van der Waals surface area contributed by atoms with Crippen LogP contribution < -0.4 is 0 Å². The minimum Gasteiger partial charge on any atom is -0.479 e. The van der Waals surface area contributed by atoms with Crippen molar-refractivity contribution in [2.24, 2.45) is 0 Å². The smallest absolute Gasteiger partial charge is 0.343 e. The molecular weight excluding hydrogens is 301 g/mol. The zero-order chi connectivity index (χ0) is 16.6. The molecule has 1 amide bonds. The first kappa shape index (κ1) is 15.2. The fourth-order valence-corrected chi connectivity index (χ4v) is 2.74. The lowest BCUT2D eigenvalue weighted by molar-refractivity contribution is -0.149. The normalized spacial score (nSPS) is 20.7. The highest BCUT2D eigenvalue weighted by molar-refractivity contribution is 5.96. The highest BCUT2D eigenvalue weighted by Crippen LogP contribution is 2.28. The van der Waals surface area contributed by atoms with Crippen LogP contribution in [-0.2, 0) is 4.79 Å². The van der Waals surface area contributed by atoms with Gasteiger partial charge in [0, 0.05) is 13.0 Å². The van der Waals surface area contributed by atoms with Gasteiger partial charge in [0.05, 0.1) is 29.7 Å². The van der Waals surface area contributed by atoms with E-state index in [0.29, 0.717) is 11.3 Å². The van der Waals surface area contributed by atoms with Gasteiger partial charge in [0.2, 0.25) is 5.67 Å². The summed E-state index contributed by atoms with van der Waals surface area (Å²) in [7, 11) is 0. The highest BCUT2D eigenvalue weighted by Gasteiger charge is 2.47. The van der Waals surface area contributed by atoms with Crippen LogP contribution in [0.3, 0.4) is 0 Å². The van der Waals surface area contributed by atoms with Gasteiger partial charge in [-0.15, -0.1) is 0 Å². The van der Waals surface area contributed by atoms with Gasteiger partial charge in [-0.25, -0.2) is 13.9 Å². The van der Waals surface area contributed by atoms with Crippen LogP contribution in [0.2, 0.25) is 0 Å². The van der Waals surface area contributed by atoms with Crippen LogP contribution in [-0.4, -0.2) is 50.4 Å². The molecule has 1 saturated heterocycles. The minimum absolute atomic E-state index is 0.0809. The molecule has 2 heterocycles. The van der Waals surface area contributed by atoms with E-state index in [4.69, 9.17) is 5.11 Å². The molecule has 1 aromatic carbocycles. The number of amides is 1. The molecule has 1 N–H and O–H groups in total. The van der Waals surface area contributed by atoms with Gasteiger partial charge in [-0.05, 0) is 19.1 Å². The van der Waals surface area contributed by atoms with Crippen LogP contribution in [0, 0.1) is 6.92 Å². The third-order valence-corrected chi connectivity index (χ3v) is 4.13. The third kappa shape index (κ3) is 2.58. The Morgan fingerprint density at radius 2 is 2.00 bits per heavy atom. The summed E-state index contributed by atoms with van der Waals surface area (Å²) in [6, 6.07) is 9.33. The first-order valence-corrected chi connectivity index (χ1v) is 7.24. The summed E-state index contributed by atoms with van der Waals surface area (Å²) in [5, 5.41) is 13.1. The molecule has 120 valence electrons. The summed E-state index contributed by atoms with van der Waals surface area (Å²) in [6.45, 7) is 1.40. The first-order valence-electron chi connectivity index (χ1n) is 7.24. The largest absolute Gasteiger partial charge is 0.479 e. The summed E-state index contributed by atoms with van der Waals surface area (Å²) < 4.78 is 15.7. The standard InChI is InChI=1S/C16H16FN3O3/c1-11-13(9-18-20(11)12-5-3-2-4-6-12)14(21)19-8-7-16(17,10-19)15(22)23/h2-6,9H,7-8,10H2,1H3,(H,22,23). The molecule has 23 heavy (non-hydrogen) atoms. The van der Waals surface area contributed by atoms with Crippen LogP contribution in [0.25, 0.3) is 5.69 Å². The van der Waals surface area contributed by atoms with Crippen molar-refractivity contribution in [2.75, 3.05) is 13.1 Å². The number of halogens is 1. The Hall–Kier alpha value is -2.70. The van der Waals surface area contributed by atoms with Crippen molar-refractivity contribution < 1.29 is 19.1 Å². The second-order valence-electron chi connectivity index (χ2n) is 5.64. The Kier molecular flexibility index (Phi) is 3.63. The SMILES string of the molecule is Cc1c(C(=O)N2CCC(F)(C(=O)O)C2)cnn1-c1ccccc1. The first-order chi connectivity index (χ1) is 10.9. The number of aliphatic carboxylic acids is 1. The molecule has 0 saturated carbocycles. The molecule has 1 aromatic heterocycles. The van der Waals surface area contributed by atoms with Crippen molar-refractivity contribution >= 4 is 11.9 Å². The van der Waals surface area contributed by atoms with E-state index in [-0.39, 0.29) is 13.0 Å². The van der Waals surface area contributed by atoms with E-state index in [0.717, 1.165) is 5.69 Å². The third-order valence-electron chi connectivity index (χ3n) is 4.13. The van der Waals surface area contributed by atoms with Gasteiger partial charge >= 0.3 is 5.97 Å². The Labute approximate surface area is 132 Å². The summed E-state index contributed by atoms with van der Waals surface area (Å²) in [5.74, 6) is -1.92. The summed E-state index contributed by atoms with van der Waals surface area (Å²) >= 11 is 0. The van der Waals surface area contributed by atoms with Crippen LogP contribution in [0.15, 0.2) is 36.5 Å². The van der Waals surface area contributed by atoms with Gasteiger partial charge in [0.1, 0.15) is 0 Å². The summed E-state index contributed by atoms with van der Waals surface area (Å²) in [6.07, 6.45) is 1.24. The van der Waals surface area contributed by atoms with E-state index in [9.17, 15) is 14.0 Å². The predicted octanol–water partition coefficient (Wildman–Crippen LogP) is 1.82. The molecule has 3 rings (SSSR count). The Balaban J connectivity index is 1.85. The number of hydrogen-bond donors (Lipinski definition) is 1. The number of nitrogens with zero attached hydrogens (tertiary/aromatic N) is 3. The molecular formula is C16H16FN3O3. The molecule has 0 aliphatic carbocycles. The molecule has 1 aliphatic rings. The monoisotopic (exact) mass is 317 g/mol. The minimum atomic E-state index is -2.36. The number of carboxylic acid groups (broad SMARTS) is 1. The van der Waals surface area contributed by atoms with Crippen LogP contribution in [0.5, 0.6) is 0 Å². The van der Waals surface area contributed by atoms with Gasteiger partial charge in [-0.2, -0.15) is 5.10 Å². The zero-order valence-electron chi connectivity index (χ0n) is 12.6. The lowest BCUT2D eigenvalue weighted by Gasteiger charge is -2.17. The highest BCUT2D eigenvalue weighted by atomic mass is 19.1. The lowest BCUT2D eigenvalue weighted by Crippen LogP contribution is -2.39. The molecule has 1 fully saturated rings. The van der Waals surface area contributed by atoms with Crippen molar-refractivity contribution in [1.29, 1.82) is 0 Å². The maximum atomic E-state index is 14.1. The molecule has 2 aromatic rings. The fraction of sp³-hybridized carbons (Fsp3) is 0.312. The molecule has 0 radical (unpaired) electrons. The van der Waals surface area contributed by atoms with Crippen molar-refractivity contribution in [3.8, 4) is 5.69 Å². The number of rotatable bonds is 3. The molecule has 7 heteroatoms. The number of para-hydroxylation sites is 1. The molecule has 1 aliphatic heterocycles.